The van der Waals surface area contributed by atoms with E-state index in [-0.39, 0.29) is 0 Å². The van der Waals surface area contributed by atoms with Crippen molar-refractivity contribution in [2.75, 3.05) is 13.1 Å². The molecule has 0 radical (unpaired) electrons. The van der Waals surface area contributed by atoms with Gasteiger partial charge in [-0.2, -0.15) is 4.98 Å². The number of nitrogens with zero attached hydrogens (tertiary/aromatic N) is 3. The summed E-state index contributed by atoms with van der Waals surface area (Å²) < 4.78 is 11.4. The minimum atomic E-state index is -1.82. The number of carbonyl (C=O) groups is 2. The number of likely N-dealkylation sites (tertiary alicyclic amines) is 1. The first-order chi connectivity index (χ1) is 10.8. The molecule has 10 heteroatoms. The number of furan rings is 1. The van der Waals surface area contributed by atoms with Gasteiger partial charge in [-0.15, -0.1) is 0 Å². The molecule has 1 saturated heterocycles. The fraction of sp³-hybridized carbons (Fsp3) is 0.385. The van der Waals surface area contributed by atoms with Crippen molar-refractivity contribution in [2.45, 2.75) is 19.4 Å². The van der Waals surface area contributed by atoms with Crippen LogP contribution in [-0.2, 0) is 16.1 Å². The molecule has 3 rings (SSSR count). The highest BCUT2D eigenvalue weighted by molar-refractivity contribution is 9.10. The zero-order chi connectivity index (χ0) is 17.0. The summed E-state index contributed by atoms with van der Waals surface area (Å²) in [5.74, 6) is -0.857. The fourth-order valence-corrected chi connectivity index (χ4v) is 2.33. The van der Waals surface area contributed by atoms with E-state index in [9.17, 15) is 0 Å². The molecule has 2 aromatic heterocycles. The molecule has 124 valence electrons. The Balaban J connectivity index is 0.000000277. The summed E-state index contributed by atoms with van der Waals surface area (Å²) >= 11 is 3.29. The predicted octanol–water partition coefficient (Wildman–Crippen LogP) is 1.49. The maximum atomic E-state index is 9.10. The molecule has 1 fully saturated rings. The first-order valence-electron chi connectivity index (χ1n) is 6.58. The lowest BCUT2D eigenvalue weighted by molar-refractivity contribution is -0.159. The first-order valence-corrected chi connectivity index (χ1v) is 7.37. The number of carboxylic acids is 2. The lowest BCUT2D eigenvalue weighted by atomic mass is 10.0. The van der Waals surface area contributed by atoms with E-state index < -0.39 is 11.9 Å². The van der Waals surface area contributed by atoms with E-state index in [1.807, 2.05) is 19.1 Å². The number of aliphatic carboxylic acids is 2. The maximum Gasteiger partial charge on any atom is 0.414 e. The number of aromatic nitrogens is 2. The molecule has 0 bridgehead atoms. The van der Waals surface area contributed by atoms with Gasteiger partial charge in [-0.05, 0) is 35.0 Å². The Morgan fingerprint density at radius 1 is 1.35 bits per heavy atom. The average molecular weight is 388 g/mol. The normalized spacial score (nSPS) is 14.7. The zero-order valence-corrected chi connectivity index (χ0v) is 13.7. The van der Waals surface area contributed by atoms with Crippen LogP contribution < -0.4 is 0 Å². The van der Waals surface area contributed by atoms with Gasteiger partial charge in [0.1, 0.15) is 5.76 Å². The quantitative estimate of drug-likeness (QED) is 0.751. The van der Waals surface area contributed by atoms with Gasteiger partial charge in [-0.3, -0.25) is 4.90 Å². The molecule has 0 amide bonds. The second kappa shape index (κ2) is 7.38. The van der Waals surface area contributed by atoms with Gasteiger partial charge in [0.25, 0.3) is 0 Å². The molecule has 1 aliphatic heterocycles. The van der Waals surface area contributed by atoms with Crippen LogP contribution in [-0.4, -0.2) is 50.3 Å². The Labute approximate surface area is 139 Å². The van der Waals surface area contributed by atoms with Gasteiger partial charge >= 0.3 is 11.9 Å². The smallest absolute Gasteiger partial charge is 0.414 e. The summed E-state index contributed by atoms with van der Waals surface area (Å²) in [6.07, 6.45) is 0. The van der Waals surface area contributed by atoms with Crippen molar-refractivity contribution in [2.24, 2.45) is 0 Å². The van der Waals surface area contributed by atoms with Gasteiger partial charge in [-0.25, -0.2) is 9.59 Å². The molecule has 2 N–H and O–H groups in total. The van der Waals surface area contributed by atoms with Crippen LogP contribution in [0, 0.1) is 6.92 Å². The van der Waals surface area contributed by atoms with Crippen LogP contribution in [0.25, 0.3) is 0 Å². The van der Waals surface area contributed by atoms with E-state index in [0.717, 1.165) is 36.0 Å². The SMILES string of the molecule is Cc1noc(C2CN(Cc3ccc(Br)o3)C2)n1.O=C(O)C(=O)O. The van der Waals surface area contributed by atoms with Crippen molar-refractivity contribution < 1.29 is 28.7 Å². The van der Waals surface area contributed by atoms with Crippen LogP contribution in [0.5, 0.6) is 0 Å². The second-order valence-corrected chi connectivity index (χ2v) is 5.67. The van der Waals surface area contributed by atoms with Gasteiger partial charge < -0.3 is 19.2 Å². The van der Waals surface area contributed by atoms with Crippen molar-refractivity contribution >= 4 is 27.9 Å². The van der Waals surface area contributed by atoms with Crippen molar-refractivity contribution in [1.29, 1.82) is 0 Å². The molecular weight excluding hydrogens is 374 g/mol. The van der Waals surface area contributed by atoms with Gasteiger partial charge in [0, 0.05) is 13.1 Å². The van der Waals surface area contributed by atoms with Crippen molar-refractivity contribution in [3.63, 3.8) is 0 Å². The molecule has 2 aromatic rings. The van der Waals surface area contributed by atoms with E-state index in [2.05, 4.69) is 31.0 Å². The van der Waals surface area contributed by atoms with Gasteiger partial charge in [0.15, 0.2) is 10.5 Å². The van der Waals surface area contributed by atoms with E-state index in [1.165, 1.54) is 0 Å². The first kappa shape index (κ1) is 17.2. The van der Waals surface area contributed by atoms with Crippen molar-refractivity contribution in [1.82, 2.24) is 15.0 Å². The molecule has 0 unspecified atom stereocenters. The largest absolute Gasteiger partial charge is 0.473 e. The number of aryl methyl sites for hydroxylation is 1. The molecule has 0 spiro atoms. The van der Waals surface area contributed by atoms with Crippen LogP contribution >= 0.6 is 15.9 Å². The summed E-state index contributed by atoms with van der Waals surface area (Å²) in [4.78, 5) is 24.7. The topological polar surface area (TPSA) is 130 Å². The number of carboxylic acid groups (broad SMARTS) is 2. The summed E-state index contributed by atoms with van der Waals surface area (Å²) in [6.45, 7) is 4.55. The Morgan fingerprint density at radius 2 is 2.00 bits per heavy atom. The Bertz CT molecular complexity index is 679. The third kappa shape index (κ3) is 4.89. The summed E-state index contributed by atoms with van der Waals surface area (Å²) in [5, 5.41) is 18.6. The minimum absolute atomic E-state index is 0.370. The standard InChI is InChI=1S/C11H12BrN3O2.C2H2O4/c1-7-13-11(17-14-7)8-4-15(5-8)6-9-2-3-10(12)16-9;3-1(4)2(5)6/h2-3,8H,4-6H2,1H3;(H,3,4)(H,5,6). The van der Waals surface area contributed by atoms with E-state index in [4.69, 9.17) is 28.7 Å². The summed E-state index contributed by atoms with van der Waals surface area (Å²) in [7, 11) is 0. The summed E-state index contributed by atoms with van der Waals surface area (Å²) in [5.41, 5.74) is 0. The third-order valence-electron chi connectivity index (χ3n) is 3.04. The lowest BCUT2D eigenvalue weighted by Gasteiger charge is -2.36. The average Bonchev–Trinajstić information content (AvgIpc) is 3.03. The number of hydrogen-bond donors (Lipinski definition) is 2. The van der Waals surface area contributed by atoms with Crippen LogP contribution in [0.15, 0.2) is 25.7 Å². The highest BCUT2D eigenvalue weighted by atomic mass is 79.9. The second-order valence-electron chi connectivity index (χ2n) is 4.89. The minimum Gasteiger partial charge on any atom is -0.473 e. The summed E-state index contributed by atoms with van der Waals surface area (Å²) in [6, 6.07) is 3.89. The Morgan fingerprint density at radius 3 is 2.43 bits per heavy atom. The molecule has 0 saturated carbocycles. The fourth-order valence-electron chi connectivity index (χ4n) is 1.99. The van der Waals surface area contributed by atoms with Crippen molar-refractivity contribution in [3.8, 4) is 0 Å². The highest BCUT2D eigenvalue weighted by Crippen LogP contribution is 2.27. The third-order valence-corrected chi connectivity index (χ3v) is 3.47. The molecule has 23 heavy (non-hydrogen) atoms. The van der Waals surface area contributed by atoms with Crippen LogP contribution in [0.4, 0.5) is 0 Å². The molecule has 0 atom stereocenters. The van der Waals surface area contributed by atoms with E-state index >= 15 is 0 Å². The number of hydrogen-bond acceptors (Lipinski definition) is 7. The Hall–Kier alpha value is -2.20. The molecule has 0 aliphatic carbocycles. The zero-order valence-electron chi connectivity index (χ0n) is 12.1. The van der Waals surface area contributed by atoms with Crippen LogP contribution in [0.3, 0.4) is 0 Å². The molecule has 1 aliphatic rings. The number of halogens is 1. The van der Waals surface area contributed by atoms with Gasteiger partial charge in [-0.1, -0.05) is 5.16 Å². The highest BCUT2D eigenvalue weighted by Gasteiger charge is 2.32. The maximum absolute atomic E-state index is 9.10. The van der Waals surface area contributed by atoms with Crippen LogP contribution in [0.2, 0.25) is 0 Å². The Kier molecular flexibility index (Phi) is 5.50. The van der Waals surface area contributed by atoms with Crippen LogP contribution in [0.1, 0.15) is 23.4 Å². The lowest BCUT2D eigenvalue weighted by Crippen LogP contribution is -2.44. The van der Waals surface area contributed by atoms with Gasteiger partial charge in [0.2, 0.25) is 5.89 Å². The molecule has 0 aromatic carbocycles. The predicted molar refractivity (Wildman–Crippen MR) is 78.7 cm³/mol. The number of rotatable bonds is 3. The monoisotopic (exact) mass is 387 g/mol. The molecular formula is C13H14BrN3O6. The van der Waals surface area contributed by atoms with E-state index in [1.54, 1.807) is 0 Å². The molecule has 9 nitrogen and oxygen atoms in total. The molecule has 3 heterocycles. The van der Waals surface area contributed by atoms with Crippen molar-refractivity contribution in [3.05, 3.63) is 34.3 Å². The van der Waals surface area contributed by atoms with E-state index in [0.29, 0.717) is 11.7 Å². The van der Waals surface area contributed by atoms with Gasteiger partial charge in [0.05, 0.1) is 12.5 Å².